The van der Waals surface area contributed by atoms with Gasteiger partial charge in [-0.25, -0.2) is 0 Å². The van der Waals surface area contributed by atoms with Crippen molar-refractivity contribution in [3.8, 4) is 0 Å². The van der Waals surface area contributed by atoms with Crippen LogP contribution in [0.15, 0.2) is 25.3 Å². The Morgan fingerprint density at radius 1 is 1.00 bits per heavy atom. The number of rotatable bonds is 8. The predicted molar refractivity (Wildman–Crippen MR) is 61.5 cm³/mol. The molecule has 0 spiro atoms. The minimum atomic E-state index is 0.0833. The van der Waals surface area contributed by atoms with Gasteiger partial charge in [0.1, 0.15) is 13.1 Å². The second kappa shape index (κ2) is 6.30. The second-order valence-corrected chi connectivity index (χ2v) is 4.00. The van der Waals surface area contributed by atoms with Crippen molar-refractivity contribution >= 4 is 11.6 Å². The van der Waals surface area contributed by atoms with E-state index in [0.717, 1.165) is 0 Å². The number of carbonyl (C=O) groups is 2. The first-order valence-corrected chi connectivity index (χ1v) is 5.01. The van der Waals surface area contributed by atoms with E-state index in [1.54, 1.807) is 26.0 Å². The van der Waals surface area contributed by atoms with Gasteiger partial charge in [0.15, 0.2) is 11.6 Å². The third-order valence-corrected chi connectivity index (χ3v) is 2.15. The lowest BCUT2D eigenvalue weighted by atomic mass is 10.2. The number of hydrogen-bond acceptors (Lipinski definition) is 2. The molecule has 0 aliphatic heterocycles. The van der Waals surface area contributed by atoms with Crippen LogP contribution in [-0.2, 0) is 9.59 Å². The monoisotopic (exact) mass is 210 g/mol. The van der Waals surface area contributed by atoms with E-state index in [1.165, 1.54) is 0 Å². The molecule has 0 rings (SSSR count). The molecule has 0 aromatic heterocycles. The molecule has 0 N–H and O–H groups in total. The molecule has 0 aliphatic rings. The van der Waals surface area contributed by atoms with Crippen molar-refractivity contribution < 1.29 is 14.1 Å². The van der Waals surface area contributed by atoms with Crippen molar-refractivity contribution in [2.45, 2.75) is 13.8 Å². The summed E-state index contributed by atoms with van der Waals surface area (Å²) in [4.78, 5) is 22.4. The highest BCUT2D eigenvalue weighted by Gasteiger charge is 2.27. The summed E-state index contributed by atoms with van der Waals surface area (Å²) in [5.41, 5.74) is 0. The Balaban J connectivity index is 4.84. The average molecular weight is 210 g/mol. The fraction of sp³-hybridized carbons (Fsp3) is 0.500. The van der Waals surface area contributed by atoms with Gasteiger partial charge in [0.05, 0.1) is 13.1 Å². The Kier molecular flexibility index (Phi) is 5.79. The summed E-state index contributed by atoms with van der Waals surface area (Å²) < 4.78 is 0.414. The van der Waals surface area contributed by atoms with Crippen LogP contribution in [-0.4, -0.2) is 42.2 Å². The summed E-state index contributed by atoms with van der Waals surface area (Å²) >= 11 is 0. The van der Waals surface area contributed by atoms with E-state index >= 15 is 0 Å². The average Bonchev–Trinajstić information content (AvgIpc) is 2.01. The van der Waals surface area contributed by atoms with Crippen LogP contribution in [0.2, 0.25) is 0 Å². The van der Waals surface area contributed by atoms with E-state index < -0.39 is 0 Å². The lowest BCUT2D eigenvalue weighted by Crippen LogP contribution is -2.53. The Bertz CT molecular complexity index is 241. The van der Waals surface area contributed by atoms with Gasteiger partial charge in [-0.1, -0.05) is 13.2 Å². The first kappa shape index (κ1) is 13.8. The number of nitrogens with zero attached hydrogens (tertiary/aromatic N) is 1. The molecule has 0 unspecified atom stereocenters. The van der Waals surface area contributed by atoms with E-state index in [-0.39, 0.29) is 11.6 Å². The Hall–Kier alpha value is -1.22. The lowest BCUT2D eigenvalue weighted by molar-refractivity contribution is -0.901. The summed E-state index contributed by atoms with van der Waals surface area (Å²) in [6.45, 7) is 12.4. The molecule has 0 aromatic carbocycles. The predicted octanol–water partition coefficient (Wildman–Crippen LogP) is 1.35. The SMILES string of the molecule is C=CC[N+](CC=C)(CC(C)=O)CC(C)=O. The number of Topliss-reactive ketones (excluding diaryl/α,β-unsaturated/α-hetero) is 2. The normalized spacial score (nSPS) is 10.8. The molecule has 0 aromatic rings. The largest absolute Gasteiger partial charge is 0.305 e. The van der Waals surface area contributed by atoms with Gasteiger partial charge in [-0.2, -0.15) is 0 Å². The van der Waals surface area contributed by atoms with Gasteiger partial charge < -0.3 is 4.48 Å². The van der Waals surface area contributed by atoms with Crippen molar-refractivity contribution in [3.05, 3.63) is 25.3 Å². The molecule has 0 fully saturated rings. The Labute approximate surface area is 91.7 Å². The standard InChI is InChI=1S/C12H20NO2/c1-5-7-13(8-6-2,9-11(3)14)10-12(4)15/h5-6H,1-2,7-10H2,3-4H3/q+1. The van der Waals surface area contributed by atoms with Gasteiger partial charge in [-0.3, -0.25) is 9.59 Å². The molecular weight excluding hydrogens is 190 g/mol. The number of carbonyl (C=O) groups excluding carboxylic acids is 2. The van der Waals surface area contributed by atoms with Crippen LogP contribution < -0.4 is 0 Å². The molecule has 3 heteroatoms. The quantitative estimate of drug-likeness (QED) is 0.448. The molecule has 84 valence electrons. The molecule has 0 heterocycles. The number of quaternary nitrogens is 1. The molecule has 0 saturated heterocycles. The third-order valence-electron chi connectivity index (χ3n) is 2.15. The van der Waals surface area contributed by atoms with Crippen molar-refractivity contribution in [3.63, 3.8) is 0 Å². The maximum absolute atomic E-state index is 11.2. The van der Waals surface area contributed by atoms with Gasteiger partial charge >= 0.3 is 0 Å². The van der Waals surface area contributed by atoms with Gasteiger partial charge in [0.2, 0.25) is 0 Å². The highest BCUT2D eigenvalue weighted by molar-refractivity contribution is 5.79. The van der Waals surface area contributed by atoms with E-state index in [1.807, 2.05) is 0 Å². The summed E-state index contributed by atoms with van der Waals surface area (Å²) in [6, 6.07) is 0. The molecule has 15 heavy (non-hydrogen) atoms. The van der Waals surface area contributed by atoms with E-state index in [9.17, 15) is 9.59 Å². The molecule has 0 aliphatic carbocycles. The molecule has 0 atom stereocenters. The topological polar surface area (TPSA) is 34.1 Å². The summed E-state index contributed by atoms with van der Waals surface area (Å²) in [7, 11) is 0. The highest BCUT2D eigenvalue weighted by atomic mass is 16.1. The first-order chi connectivity index (χ1) is 6.95. The molecule has 0 radical (unpaired) electrons. The fourth-order valence-electron chi connectivity index (χ4n) is 1.88. The van der Waals surface area contributed by atoms with Crippen LogP contribution in [0.1, 0.15) is 13.8 Å². The first-order valence-electron chi connectivity index (χ1n) is 5.01. The van der Waals surface area contributed by atoms with Gasteiger partial charge in [0, 0.05) is 13.8 Å². The van der Waals surface area contributed by atoms with Gasteiger partial charge in [-0.05, 0) is 12.2 Å². The molecule has 0 amide bonds. The van der Waals surface area contributed by atoms with Crippen LogP contribution >= 0.6 is 0 Å². The van der Waals surface area contributed by atoms with Crippen LogP contribution in [0, 0.1) is 0 Å². The number of ketones is 2. The maximum Gasteiger partial charge on any atom is 0.183 e. The van der Waals surface area contributed by atoms with E-state index in [2.05, 4.69) is 13.2 Å². The fourth-order valence-corrected chi connectivity index (χ4v) is 1.88. The number of hydrogen-bond donors (Lipinski definition) is 0. The zero-order valence-corrected chi connectivity index (χ0v) is 9.66. The van der Waals surface area contributed by atoms with Crippen molar-refractivity contribution in [1.29, 1.82) is 0 Å². The molecule has 0 saturated carbocycles. The summed E-state index contributed by atoms with van der Waals surface area (Å²) in [6.07, 6.45) is 3.49. The Morgan fingerprint density at radius 3 is 1.53 bits per heavy atom. The van der Waals surface area contributed by atoms with Crippen molar-refractivity contribution in [1.82, 2.24) is 0 Å². The van der Waals surface area contributed by atoms with Crippen molar-refractivity contribution in [2.75, 3.05) is 26.2 Å². The highest BCUT2D eigenvalue weighted by Crippen LogP contribution is 2.08. The summed E-state index contributed by atoms with van der Waals surface area (Å²) in [5, 5.41) is 0. The second-order valence-electron chi connectivity index (χ2n) is 4.00. The smallest absolute Gasteiger partial charge is 0.183 e. The van der Waals surface area contributed by atoms with Crippen LogP contribution in [0.3, 0.4) is 0 Å². The zero-order valence-electron chi connectivity index (χ0n) is 9.66. The Morgan fingerprint density at radius 2 is 1.33 bits per heavy atom. The molecule has 0 bridgehead atoms. The van der Waals surface area contributed by atoms with Crippen LogP contribution in [0.25, 0.3) is 0 Å². The van der Waals surface area contributed by atoms with Gasteiger partial charge in [-0.15, -0.1) is 0 Å². The molecular formula is C12H20NO2+. The van der Waals surface area contributed by atoms with Crippen LogP contribution in [0.4, 0.5) is 0 Å². The third kappa shape index (κ3) is 5.27. The van der Waals surface area contributed by atoms with E-state index in [0.29, 0.717) is 30.7 Å². The summed E-state index contributed by atoms with van der Waals surface area (Å²) in [5.74, 6) is 0.167. The lowest BCUT2D eigenvalue weighted by Gasteiger charge is -2.35. The van der Waals surface area contributed by atoms with Crippen LogP contribution in [0.5, 0.6) is 0 Å². The minimum absolute atomic E-state index is 0.0833. The van der Waals surface area contributed by atoms with Gasteiger partial charge in [0.25, 0.3) is 0 Å². The zero-order chi connectivity index (χ0) is 11.9. The van der Waals surface area contributed by atoms with E-state index in [4.69, 9.17) is 0 Å². The molecule has 3 nitrogen and oxygen atoms in total. The maximum atomic E-state index is 11.2. The minimum Gasteiger partial charge on any atom is -0.305 e. The van der Waals surface area contributed by atoms with Crippen molar-refractivity contribution in [2.24, 2.45) is 0 Å².